The van der Waals surface area contributed by atoms with Crippen LogP contribution in [0.1, 0.15) is 58.2 Å². The minimum Gasteiger partial charge on any atom is -0.350 e. The standard InChI is InChI=1S/C22H25N3O/c1-14-10-11-15(2)20-19(14)16(3)21(24-20)22(26)25-13-7-5-9-18(25)17-8-4-6-12-23-17/h4,6,8,10-12,18,24H,5,7,9,13H2,1-3H3/t18-/m0/s1. The molecule has 1 N–H and O–H groups in total. The number of carbonyl (C=O) groups is 1. The van der Waals surface area contributed by atoms with Gasteiger partial charge in [-0.25, -0.2) is 0 Å². The highest BCUT2D eigenvalue weighted by atomic mass is 16.2. The highest BCUT2D eigenvalue weighted by Crippen LogP contribution is 2.33. The maximum absolute atomic E-state index is 13.5. The van der Waals surface area contributed by atoms with Crippen LogP contribution in [-0.4, -0.2) is 27.3 Å². The normalized spacial score (nSPS) is 17.7. The van der Waals surface area contributed by atoms with Crippen LogP contribution in [0.25, 0.3) is 10.9 Å². The lowest BCUT2D eigenvalue weighted by Gasteiger charge is -2.35. The monoisotopic (exact) mass is 347 g/mol. The highest BCUT2D eigenvalue weighted by molar-refractivity contribution is 6.02. The summed E-state index contributed by atoms with van der Waals surface area (Å²) in [4.78, 5) is 23.4. The van der Waals surface area contributed by atoms with Crippen molar-refractivity contribution in [3.63, 3.8) is 0 Å². The van der Waals surface area contributed by atoms with E-state index in [0.29, 0.717) is 0 Å². The Kier molecular flexibility index (Phi) is 4.27. The lowest BCUT2D eigenvalue weighted by Crippen LogP contribution is -2.39. The van der Waals surface area contributed by atoms with Crippen molar-refractivity contribution >= 4 is 16.8 Å². The molecule has 0 unspecified atom stereocenters. The van der Waals surface area contributed by atoms with E-state index in [2.05, 4.69) is 42.9 Å². The van der Waals surface area contributed by atoms with Gasteiger partial charge in [-0.3, -0.25) is 9.78 Å². The molecule has 4 nitrogen and oxygen atoms in total. The summed E-state index contributed by atoms with van der Waals surface area (Å²) in [5, 5.41) is 1.18. The van der Waals surface area contributed by atoms with E-state index in [1.807, 2.05) is 29.3 Å². The molecule has 1 aromatic carbocycles. The van der Waals surface area contributed by atoms with Gasteiger partial charge in [-0.15, -0.1) is 0 Å². The Labute approximate surface area is 154 Å². The third kappa shape index (κ3) is 2.70. The van der Waals surface area contributed by atoms with Crippen molar-refractivity contribution < 1.29 is 4.79 Å². The van der Waals surface area contributed by atoms with Crippen LogP contribution in [0.5, 0.6) is 0 Å². The molecule has 134 valence electrons. The third-order valence-electron chi connectivity index (χ3n) is 5.63. The number of piperidine rings is 1. The summed E-state index contributed by atoms with van der Waals surface area (Å²) in [6.07, 6.45) is 4.97. The number of nitrogens with zero attached hydrogens (tertiary/aromatic N) is 2. The molecule has 1 amide bonds. The number of likely N-dealkylation sites (tertiary alicyclic amines) is 1. The Morgan fingerprint density at radius 1 is 1.12 bits per heavy atom. The highest BCUT2D eigenvalue weighted by Gasteiger charge is 2.31. The van der Waals surface area contributed by atoms with Gasteiger partial charge in [0.25, 0.3) is 5.91 Å². The number of hydrogen-bond acceptors (Lipinski definition) is 2. The van der Waals surface area contributed by atoms with E-state index in [4.69, 9.17) is 0 Å². The third-order valence-corrected chi connectivity index (χ3v) is 5.63. The summed E-state index contributed by atoms with van der Waals surface area (Å²) >= 11 is 0. The number of hydrogen-bond donors (Lipinski definition) is 1. The second-order valence-corrected chi connectivity index (χ2v) is 7.34. The van der Waals surface area contributed by atoms with Crippen LogP contribution < -0.4 is 0 Å². The largest absolute Gasteiger partial charge is 0.350 e. The molecule has 0 radical (unpaired) electrons. The molecule has 3 aromatic rings. The molecule has 1 aliphatic heterocycles. The average molecular weight is 347 g/mol. The minimum absolute atomic E-state index is 0.0606. The molecule has 0 aliphatic carbocycles. The fourth-order valence-electron chi connectivity index (χ4n) is 4.21. The van der Waals surface area contributed by atoms with E-state index in [1.165, 1.54) is 16.5 Å². The van der Waals surface area contributed by atoms with Crippen LogP contribution in [0.3, 0.4) is 0 Å². The van der Waals surface area contributed by atoms with Crippen molar-refractivity contribution in [3.8, 4) is 0 Å². The van der Waals surface area contributed by atoms with E-state index in [0.717, 1.165) is 48.3 Å². The number of rotatable bonds is 2. The summed E-state index contributed by atoms with van der Waals surface area (Å²) in [6.45, 7) is 7.03. The zero-order valence-corrected chi connectivity index (χ0v) is 15.7. The number of aromatic amines is 1. The van der Waals surface area contributed by atoms with E-state index in [1.54, 1.807) is 0 Å². The number of amides is 1. The van der Waals surface area contributed by atoms with Gasteiger partial charge in [0.05, 0.1) is 11.7 Å². The molecule has 4 heteroatoms. The van der Waals surface area contributed by atoms with Gasteiger partial charge in [-0.1, -0.05) is 18.2 Å². The van der Waals surface area contributed by atoms with Gasteiger partial charge in [0.1, 0.15) is 5.69 Å². The van der Waals surface area contributed by atoms with Gasteiger partial charge in [0.15, 0.2) is 0 Å². The van der Waals surface area contributed by atoms with Gasteiger partial charge in [0.2, 0.25) is 0 Å². The first-order chi connectivity index (χ1) is 12.6. The number of benzene rings is 1. The molecule has 0 saturated carbocycles. The fraction of sp³-hybridized carbons (Fsp3) is 0.364. The van der Waals surface area contributed by atoms with E-state index in [-0.39, 0.29) is 11.9 Å². The molecule has 0 bridgehead atoms. The summed E-state index contributed by atoms with van der Waals surface area (Å²) in [6, 6.07) is 10.3. The summed E-state index contributed by atoms with van der Waals surface area (Å²) in [5.74, 6) is 0.0906. The van der Waals surface area contributed by atoms with Gasteiger partial charge < -0.3 is 9.88 Å². The van der Waals surface area contributed by atoms with Crippen LogP contribution in [-0.2, 0) is 0 Å². The number of nitrogens with one attached hydrogen (secondary N) is 1. The maximum Gasteiger partial charge on any atom is 0.271 e. The van der Waals surface area contributed by atoms with Gasteiger partial charge in [-0.2, -0.15) is 0 Å². The van der Waals surface area contributed by atoms with Crippen molar-refractivity contribution in [3.05, 3.63) is 64.6 Å². The summed E-state index contributed by atoms with van der Waals surface area (Å²) < 4.78 is 0. The number of aryl methyl sites for hydroxylation is 3. The molecule has 1 saturated heterocycles. The van der Waals surface area contributed by atoms with Crippen LogP contribution in [0.15, 0.2) is 36.5 Å². The second-order valence-electron chi connectivity index (χ2n) is 7.34. The molecule has 26 heavy (non-hydrogen) atoms. The van der Waals surface area contributed by atoms with E-state index in [9.17, 15) is 4.79 Å². The van der Waals surface area contributed by atoms with Crippen molar-refractivity contribution in [2.45, 2.75) is 46.1 Å². The van der Waals surface area contributed by atoms with Gasteiger partial charge in [-0.05, 0) is 68.9 Å². The molecule has 1 atom stereocenters. The SMILES string of the molecule is Cc1ccc(C)c2c(C)c(C(=O)N3CCCC[C@H]3c3ccccn3)[nH]c12. The number of aromatic nitrogens is 2. The summed E-state index contributed by atoms with van der Waals surface area (Å²) in [7, 11) is 0. The second kappa shape index (κ2) is 6.60. The molecular weight excluding hydrogens is 322 g/mol. The van der Waals surface area contributed by atoms with Gasteiger partial charge in [0, 0.05) is 23.6 Å². The molecular formula is C22H25N3O. The van der Waals surface area contributed by atoms with E-state index < -0.39 is 0 Å². The smallest absolute Gasteiger partial charge is 0.271 e. The quantitative estimate of drug-likeness (QED) is 0.720. The van der Waals surface area contributed by atoms with Gasteiger partial charge >= 0.3 is 0 Å². The van der Waals surface area contributed by atoms with Crippen molar-refractivity contribution in [2.24, 2.45) is 0 Å². The van der Waals surface area contributed by atoms with Crippen LogP contribution in [0.4, 0.5) is 0 Å². The first kappa shape index (κ1) is 16.8. The molecule has 0 spiro atoms. The Morgan fingerprint density at radius 3 is 2.65 bits per heavy atom. The first-order valence-electron chi connectivity index (χ1n) is 9.38. The molecule has 2 aromatic heterocycles. The van der Waals surface area contributed by atoms with Crippen molar-refractivity contribution in [1.29, 1.82) is 0 Å². The lowest BCUT2D eigenvalue weighted by atomic mass is 9.97. The molecule has 1 aliphatic rings. The molecule has 4 rings (SSSR count). The maximum atomic E-state index is 13.5. The number of H-pyrrole nitrogens is 1. The van der Waals surface area contributed by atoms with Crippen molar-refractivity contribution in [2.75, 3.05) is 6.54 Å². The first-order valence-corrected chi connectivity index (χ1v) is 9.38. The predicted octanol–water partition coefficient (Wildman–Crippen LogP) is 4.86. The number of fused-ring (bicyclic) bond motifs is 1. The van der Waals surface area contributed by atoms with Crippen LogP contribution in [0.2, 0.25) is 0 Å². The molecule has 3 heterocycles. The average Bonchev–Trinajstić information content (AvgIpc) is 3.03. The number of carbonyl (C=O) groups excluding carboxylic acids is 1. The Morgan fingerprint density at radius 2 is 1.92 bits per heavy atom. The Balaban J connectivity index is 1.77. The fourth-order valence-corrected chi connectivity index (χ4v) is 4.21. The van der Waals surface area contributed by atoms with Crippen LogP contribution in [0, 0.1) is 20.8 Å². The minimum atomic E-state index is 0.0606. The zero-order chi connectivity index (χ0) is 18.3. The molecule has 1 fully saturated rings. The van der Waals surface area contributed by atoms with Crippen molar-refractivity contribution in [1.82, 2.24) is 14.9 Å². The van der Waals surface area contributed by atoms with E-state index >= 15 is 0 Å². The summed E-state index contributed by atoms with van der Waals surface area (Å²) in [5.41, 5.74) is 6.22. The lowest BCUT2D eigenvalue weighted by molar-refractivity contribution is 0.0600. The van der Waals surface area contributed by atoms with Crippen LogP contribution >= 0.6 is 0 Å². The Bertz CT molecular complexity index is 958. The Hall–Kier alpha value is -2.62. The number of pyridine rings is 1. The topological polar surface area (TPSA) is 49.0 Å². The zero-order valence-electron chi connectivity index (χ0n) is 15.7. The predicted molar refractivity (Wildman–Crippen MR) is 104 cm³/mol.